The molecule has 2 heterocycles. The second-order valence-corrected chi connectivity index (χ2v) is 10.6. The third-order valence-electron chi connectivity index (χ3n) is 7.70. The lowest BCUT2D eigenvalue weighted by Crippen LogP contribution is -2.66. The van der Waals surface area contributed by atoms with Crippen molar-refractivity contribution in [3.05, 3.63) is 143 Å². The van der Waals surface area contributed by atoms with E-state index in [9.17, 15) is 14.7 Å². The summed E-state index contributed by atoms with van der Waals surface area (Å²) in [6, 6.07) is 34.3. The molecular weight excluding hydrogens is 546 g/mol. The van der Waals surface area contributed by atoms with Gasteiger partial charge in [0.05, 0.1) is 37.6 Å². The fourth-order valence-corrected chi connectivity index (χ4v) is 5.51. The Labute approximate surface area is 250 Å². The van der Waals surface area contributed by atoms with Crippen LogP contribution < -0.4 is 0 Å². The van der Waals surface area contributed by atoms with Gasteiger partial charge in [0.25, 0.3) is 11.8 Å². The number of amides is 2. The van der Waals surface area contributed by atoms with E-state index in [0.717, 1.165) is 21.6 Å². The Hall–Kier alpha value is -4.18. The minimum Gasteiger partial charge on any atom is -0.388 e. The van der Waals surface area contributed by atoms with Crippen LogP contribution in [-0.4, -0.2) is 59.1 Å². The van der Waals surface area contributed by atoms with Gasteiger partial charge in [-0.1, -0.05) is 103 Å². The van der Waals surface area contributed by atoms with Crippen LogP contribution in [0.3, 0.4) is 0 Å². The van der Waals surface area contributed by atoms with E-state index in [1.165, 1.54) is 0 Å². The molecule has 6 rings (SSSR count). The largest absolute Gasteiger partial charge is 0.388 e. The summed E-state index contributed by atoms with van der Waals surface area (Å²) >= 11 is 0. The van der Waals surface area contributed by atoms with E-state index >= 15 is 0 Å². The zero-order valence-electron chi connectivity index (χ0n) is 23.5. The first kappa shape index (κ1) is 28.9. The smallest absolute Gasteiger partial charge is 0.262 e. The maximum Gasteiger partial charge on any atom is 0.262 e. The van der Waals surface area contributed by atoms with Crippen molar-refractivity contribution in [1.29, 1.82) is 0 Å². The lowest BCUT2D eigenvalue weighted by molar-refractivity contribution is -0.293. The van der Waals surface area contributed by atoms with Gasteiger partial charge in [0.1, 0.15) is 24.4 Å². The number of carbonyl (C=O) groups excluding carboxylic acids is 2. The first-order valence-corrected chi connectivity index (χ1v) is 14.3. The van der Waals surface area contributed by atoms with Gasteiger partial charge in [-0.25, -0.2) is 0 Å². The van der Waals surface area contributed by atoms with Crippen molar-refractivity contribution in [1.82, 2.24) is 4.90 Å². The summed E-state index contributed by atoms with van der Waals surface area (Å²) < 4.78 is 25.0. The van der Waals surface area contributed by atoms with Gasteiger partial charge in [-0.3, -0.25) is 14.5 Å². The second-order valence-electron chi connectivity index (χ2n) is 10.6. The van der Waals surface area contributed by atoms with E-state index in [1.54, 1.807) is 24.3 Å². The quantitative estimate of drug-likeness (QED) is 0.256. The Bertz CT molecular complexity index is 1480. The highest BCUT2D eigenvalue weighted by Crippen LogP contribution is 2.35. The zero-order chi connectivity index (χ0) is 29.6. The van der Waals surface area contributed by atoms with Crippen LogP contribution >= 0.6 is 0 Å². The van der Waals surface area contributed by atoms with Crippen LogP contribution in [-0.2, 0) is 38.8 Å². The summed E-state index contributed by atoms with van der Waals surface area (Å²) in [6.45, 7) is 0.664. The Balaban J connectivity index is 1.31. The third kappa shape index (κ3) is 6.44. The average Bonchev–Trinajstić information content (AvgIpc) is 3.30. The maximum atomic E-state index is 13.7. The second kappa shape index (κ2) is 13.4. The van der Waals surface area contributed by atoms with Gasteiger partial charge in [0.15, 0.2) is 6.29 Å². The fraction of sp³-hybridized carbons (Fsp3) is 0.257. The molecule has 2 aliphatic heterocycles. The highest BCUT2D eigenvalue weighted by molar-refractivity contribution is 6.21. The summed E-state index contributed by atoms with van der Waals surface area (Å²) in [4.78, 5) is 28.5. The van der Waals surface area contributed by atoms with E-state index in [-0.39, 0.29) is 19.8 Å². The van der Waals surface area contributed by atoms with Gasteiger partial charge < -0.3 is 24.1 Å². The molecule has 2 aliphatic rings. The Morgan fingerprint density at radius 2 is 1.09 bits per heavy atom. The SMILES string of the molecule is O=C1c2ccccc2C(=O)N1C1[C@H](OCc2ccccc2)OC(COCc2ccccc2)[C@@H](O)[C@H]1OCc1ccccc1. The van der Waals surface area contributed by atoms with Crippen LogP contribution in [0.1, 0.15) is 37.4 Å². The van der Waals surface area contributed by atoms with Crippen molar-refractivity contribution >= 4 is 11.8 Å². The number of carbonyl (C=O) groups is 2. The number of ether oxygens (including phenoxy) is 4. The summed E-state index contributed by atoms with van der Waals surface area (Å²) in [5, 5.41) is 11.7. The predicted octanol–water partition coefficient (Wildman–Crippen LogP) is 4.76. The zero-order valence-corrected chi connectivity index (χ0v) is 23.5. The van der Waals surface area contributed by atoms with E-state index in [2.05, 4.69) is 0 Å². The lowest BCUT2D eigenvalue weighted by atomic mass is 9.95. The van der Waals surface area contributed by atoms with Gasteiger partial charge in [-0.05, 0) is 28.8 Å². The van der Waals surface area contributed by atoms with Crippen LogP contribution in [0.4, 0.5) is 0 Å². The topological polar surface area (TPSA) is 94.5 Å². The molecule has 220 valence electrons. The standard InChI is InChI=1S/C35H33NO7/c37-31-29(23-40-20-24-12-4-1-5-13-24)43-35(42-22-26-16-8-3-9-17-26)30(32(31)41-21-25-14-6-2-7-15-25)36-33(38)27-18-10-11-19-28(27)34(36)39/h1-19,29-32,35,37H,20-23H2/t29?,30?,31-,32+,35-/m1/s1. The van der Waals surface area contributed by atoms with Crippen LogP contribution in [0.15, 0.2) is 115 Å². The van der Waals surface area contributed by atoms with Gasteiger partial charge in [0.2, 0.25) is 0 Å². The molecule has 0 aromatic heterocycles. The molecule has 2 unspecified atom stereocenters. The summed E-state index contributed by atoms with van der Waals surface area (Å²) in [5.41, 5.74) is 3.32. The molecule has 43 heavy (non-hydrogen) atoms. The summed E-state index contributed by atoms with van der Waals surface area (Å²) in [7, 11) is 0. The van der Waals surface area contributed by atoms with Gasteiger partial charge in [0, 0.05) is 0 Å². The van der Waals surface area contributed by atoms with Crippen molar-refractivity contribution in [2.24, 2.45) is 0 Å². The van der Waals surface area contributed by atoms with Gasteiger partial charge in [-0.2, -0.15) is 0 Å². The van der Waals surface area contributed by atoms with Crippen LogP contribution in [0.5, 0.6) is 0 Å². The number of hydrogen-bond donors (Lipinski definition) is 1. The summed E-state index contributed by atoms with van der Waals surface area (Å²) in [6.07, 6.45) is -4.21. The number of benzene rings is 4. The molecule has 8 nitrogen and oxygen atoms in total. The number of nitrogens with zero attached hydrogens (tertiary/aromatic N) is 1. The van der Waals surface area contributed by atoms with Crippen LogP contribution in [0.2, 0.25) is 0 Å². The molecule has 1 saturated heterocycles. The van der Waals surface area contributed by atoms with Crippen LogP contribution in [0, 0.1) is 0 Å². The van der Waals surface area contributed by atoms with E-state index in [1.807, 2.05) is 91.0 Å². The fourth-order valence-electron chi connectivity index (χ4n) is 5.51. The molecule has 0 radical (unpaired) electrons. The first-order valence-electron chi connectivity index (χ1n) is 14.3. The molecule has 0 bridgehead atoms. The monoisotopic (exact) mass is 579 g/mol. The molecule has 8 heteroatoms. The number of hydrogen-bond acceptors (Lipinski definition) is 7. The number of aliphatic hydroxyl groups is 1. The van der Waals surface area contributed by atoms with Crippen molar-refractivity contribution in [3.8, 4) is 0 Å². The highest BCUT2D eigenvalue weighted by atomic mass is 16.7. The van der Waals surface area contributed by atoms with E-state index in [0.29, 0.717) is 17.7 Å². The minimum absolute atomic E-state index is 0.0429. The Morgan fingerprint density at radius 3 is 1.63 bits per heavy atom. The van der Waals surface area contributed by atoms with Gasteiger partial charge in [-0.15, -0.1) is 0 Å². The number of rotatable bonds is 11. The third-order valence-corrected chi connectivity index (χ3v) is 7.70. The normalized spacial score (nSPS) is 23.4. The molecule has 4 aromatic rings. The average molecular weight is 580 g/mol. The van der Waals surface area contributed by atoms with Crippen molar-refractivity contribution in [2.75, 3.05) is 6.61 Å². The van der Waals surface area contributed by atoms with E-state index < -0.39 is 42.5 Å². The van der Waals surface area contributed by atoms with E-state index in [4.69, 9.17) is 18.9 Å². The molecular formula is C35H33NO7. The van der Waals surface area contributed by atoms with Crippen molar-refractivity contribution in [3.63, 3.8) is 0 Å². The Morgan fingerprint density at radius 1 is 0.628 bits per heavy atom. The number of imide groups is 1. The number of aliphatic hydroxyl groups excluding tert-OH is 1. The minimum atomic E-state index is -1.23. The summed E-state index contributed by atoms with van der Waals surface area (Å²) in [5.74, 6) is -0.969. The predicted molar refractivity (Wildman–Crippen MR) is 158 cm³/mol. The number of fused-ring (bicyclic) bond motifs is 1. The molecule has 0 spiro atoms. The van der Waals surface area contributed by atoms with Crippen molar-refractivity contribution < 1.29 is 33.6 Å². The molecule has 4 aromatic carbocycles. The first-order chi connectivity index (χ1) is 21.1. The van der Waals surface area contributed by atoms with Gasteiger partial charge >= 0.3 is 0 Å². The molecule has 2 amide bonds. The maximum absolute atomic E-state index is 13.7. The van der Waals surface area contributed by atoms with Crippen LogP contribution in [0.25, 0.3) is 0 Å². The molecule has 1 N–H and O–H groups in total. The van der Waals surface area contributed by atoms with Crippen molar-refractivity contribution in [2.45, 2.75) is 50.5 Å². The molecule has 0 saturated carbocycles. The molecule has 1 fully saturated rings. The Kier molecular flexibility index (Phi) is 9.02. The molecule has 5 atom stereocenters. The lowest BCUT2D eigenvalue weighted by Gasteiger charge is -2.46. The molecule has 0 aliphatic carbocycles. The highest BCUT2D eigenvalue weighted by Gasteiger charge is 2.54.